The maximum Gasteiger partial charge on any atom is 0.129 e. The molecular formula is C21H34O. The Labute approximate surface area is 140 Å². The van der Waals surface area contributed by atoms with Gasteiger partial charge in [0.25, 0.3) is 0 Å². The minimum atomic E-state index is -1.39. The molecule has 124 valence electrons. The van der Waals surface area contributed by atoms with Gasteiger partial charge in [0, 0.05) is 9.16 Å². The van der Waals surface area contributed by atoms with Gasteiger partial charge in [-0.25, -0.2) is 0 Å². The van der Waals surface area contributed by atoms with Crippen molar-refractivity contribution in [3.05, 3.63) is 48.6 Å². The van der Waals surface area contributed by atoms with Crippen molar-refractivity contribution in [2.24, 2.45) is 0 Å². The molecule has 0 amide bonds. The molecule has 0 radical (unpaired) electrons. The fraction of sp³-hybridized carbons (Fsp3) is 0.571. The van der Waals surface area contributed by atoms with Gasteiger partial charge in [0.1, 0.15) is 5.78 Å². The monoisotopic (exact) mass is 304 g/mol. The number of unbranched alkanes of at least 4 members (excludes halogenated alkanes) is 4. The second-order valence-corrected chi connectivity index (χ2v) is 5.48. The van der Waals surface area contributed by atoms with Crippen molar-refractivity contribution in [1.29, 1.82) is 0 Å². The van der Waals surface area contributed by atoms with Crippen LogP contribution in [-0.2, 0) is 4.79 Å². The lowest BCUT2D eigenvalue weighted by molar-refractivity contribution is -0.117. The van der Waals surface area contributed by atoms with Gasteiger partial charge in [0.2, 0.25) is 0 Å². The van der Waals surface area contributed by atoms with E-state index in [2.05, 4.69) is 25.2 Å². The summed E-state index contributed by atoms with van der Waals surface area (Å²) in [4.78, 5) is 10.8. The average Bonchev–Trinajstić information content (AvgIpc) is 2.52. The van der Waals surface area contributed by atoms with Crippen molar-refractivity contribution in [2.45, 2.75) is 78.0 Å². The van der Waals surface area contributed by atoms with E-state index >= 15 is 0 Å². The minimum absolute atomic E-state index is 0.235. The van der Waals surface area contributed by atoms with Crippen LogP contribution in [0.15, 0.2) is 48.6 Å². The largest absolute Gasteiger partial charge is 0.300 e. The second-order valence-electron chi connectivity index (χ2n) is 5.48. The summed E-state index contributed by atoms with van der Waals surface area (Å²) >= 11 is 0. The van der Waals surface area contributed by atoms with E-state index in [4.69, 9.17) is 2.74 Å². The zero-order chi connectivity index (χ0) is 18.1. The van der Waals surface area contributed by atoms with E-state index in [-0.39, 0.29) is 5.78 Å². The van der Waals surface area contributed by atoms with Crippen molar-refractivity contribution in [2.75, 3.05) is 0 Å². The summed E-state index contributed by atoms with van der Waals surface area (Å²) in [5.74, 6) is 0.235. The van der Waals surface area contributed by atoms with Crippen molar-refractivity contribution >= 4 is 5.78 Å². The number of hydrogen-bond donors (Lipinski definition) is 0. The molecule has 0 fully saturated rings. The van der Waals surface area contributed by atoms with E-state index in [1.807, 2.05) is 18.2 Å². The molecule has 0 unspecified atom stereocenters. The minimum Gasteiger partial charge on any atom is -0.300 e. The lowest BCUT2D eigenvalue weighted by Crippen LogP contribution is -1.87. The summed E-state index contributed by atoms with van der Waals surface area (Å²) in [6.45, 7) is 3.82. The van der Waals surface area contributed by atoms with Crippen LogP contribution in [0.4, 0.5) is 0 Å². The molecule has 1 heteroatoms. The number of allylic oxidation sites excluding steroid dienone is 8. The highest BCUT2D eigenvalue weighted by Crippen LogP contribution is 2.01. The fourth-order valence-electron chi connectivity index (χ4n) is 1.89. The van der Waals surface area contributed by atoms with Gasteiger partial charge in [-0.2, -0.15) is 0 Å². The van der Waals surface area contributed by atoms with Crippen LogP contribution in [0.1, 0.15) is 80.7 Å². The van der Waals surface area contributed by atoms with Crippen LogP contribution in [0.3, 0.4) is 0 Å². The molecule has 0 saturated heterocycles. The Morgan fingerprint density at radius 2 is 1.36 bits per heavy atom. The molecule has 0 rings (SSSR count). The fourth-order valence-corrected chi connectivity index (χ4v) is 1.89. The molecule has 0 saturated carbocycles. The van der Waals surface area contributed by atoms with E-state index in [1.165, 1.54) is 19.3 Å². The Balaban J connectivity index is 3.87. The summed E-state index contributed by atoms with van der Waals surface area (Å²) in [5, 5.41) is 0. The number of rotatable bonds is 14. The highest BCUT2D eigenvalue weighted by atomic mass is 16.1. The molecule has 22 heavy (non-hydrogen) atoms. The number of carbonyl (C=O) groups is 1. The van der Waals surface area contributed by atoms with E-state index in [0.29, 0.717) is 6.42 Å². The smallest absolute Gasteiger partial charge is 0.129 e. The molecule has 0 atom stereocenters. The summed E-state index contributed by atoms with van der Waals surface area (Å²) < 4.78 is 15.8. The van der Waals surface area contributed by atoms with E-state index in [9.17, 15) is 4.79 Å². The van der Waals surface area contributed by atoms with Crippen LogP contribution in [-0.4, -0.2) is 5.78 Å². The SMILES string of the molecule is [2H]C([2H])(/C=C\C/C=C\CCCCC)/C=C\C/C=C\CCCC(C)=O. The van der Waals surface area contributed by atoms with Gasteiger partial charge in [-0.05, 0) is 51.8 Å². The van der Waals surface area contributed by atoms with E-state index in [0.717, 1.165) is 32.1 Å². The summed E-state index contributed by atoms with van der Waals surface area (Å²) in [6, 6.07) is 0. The van der Waals surface area contributed by atoms with Gasteiger partial charge in [-0.3, -0.25) is 0 Å². The predicted octanol–water partition coefficient (Wildman–Crippen LogP) is 6.72. The first-order chi connectivity index (χ1) is 11.5. The first-order valence-electron chi connectivity index (χ1n) is 9.62. The van der Waals surface area contributed by atoms with Crippen molar-refractivity contribution < 1.29 is 7.54 Å². The molecule has 0 aliphatic carbocycles. The number of carbonyl (C=O) groups excluding carboxylic acids is 1. The standard InChI is InChI=1S/C21H34O/c1-3-4-5-6-7-8-9-10-11-12-13-14-15-16-17-18-19-20-21(2)22/h7-8,10-11,13-14,16-17H,3-6,9,12,15,18-20H2,1-2H3/b8-7-,11-10-,14-13-,17-16-/i12D2. The van der Waals surface area contributed by atoms with Crippen LogP contribution in [0.25, 0.3) is 0 Å². The third kappa shape index (κ3) is 18.6. The predicted molar refractivity (Wildman–Crippen MR) is 99.1 cm³/mol. The summed E-state index contributed by atoms with van der Waals surface area (Å²) in [7, 11) is 0. The summed E-state index contributed by atoms with van der Waals surface area (Å²) in [6.07, 6.45) is 22.8. The highest BCUT2D eigenvalue weighted by Gasteiger charge is 1.89. The lowest BCUT2D eigenvalue weighted by Gasteiger charge is -1.91. The molecule has 0 aliphatic heterocycles. The molecular weight excluding hydrogens is 268 g/mol. The lowest BCUT2D eigenvalue weighted by atomic mass is 10.2. The first-order valence-corrected chi connectivity index (χ1v) is 8.62. The van der Waals surface area contributed by atoms with Crippen LogP contribution in [0, 0.1) is 0 Å². The maximum atomic E-state index is 10.8. The highest BCUT2D eigenvalue weighted by molar-refractivity contribution is 5.75. The first kappa shape index (κ1) is 17.0. The van der Waals surface area contributed by atoms with E-state index < -0.39 is 6.37 Å². The third-order valence-corrected chi connectivity index (χ3v) is 3.18. The van der Waals surface area contributed by atoms with Gasteiger partial charge in [0.15, 0.2) is 0 Å². The summed E-state index contributed by atoms with van der Waals surface area (Å²) in [5.41, 5.74) is 0. The van der Waals surface area contributed by atoms with Gasteiger partial charge >= 0.3 is 0 Å². The third-order valence-electron chi connectivity index (χ3n) is 3.18. The molecule has 0 spiro atoms. The Bertz CT molecular complexity index is 431. The number of Topliss-reactive ketones (excluding diaryl/α,β-unsaturated/α-hetero) is 1. The molecule has 0 aromatic heterocycles. The molecule has 0 aliphatic rings. The zero-order valence-corrected chi connectivity index (χ0v) is 14.4. The number of hydrogen-bond acceptors (Lipinski definition) is 1. The van der Waals surface area contributed by atoms with Crippen molar-refractivity contribution in [3.8, 4) is 0 Å². The molecule has 0 heterocycles. The molecule has 0 N–H and O–H groups in total. The number of ketones is 1. The van der Waals surface area contributed by atoms with E-state index in [1.54, 1.807) is 19.1 Å². The average molecular weight is 305 g/mol. The molecule has 0 bridgehead atoms. The second kappa shape index (κ2) is 17.7. The van der Waals surface area contributed by atoms with Gasteiger partial charge < -0.3 is 4.79 Å². The topological polar surface area (TPSA) is 17.1 Å². The molecule has 1 nitrogen and oxygen atoms in total. The van der Waals surface area contributed by atoms with Crippen molar-refractivity contribution in [1.82, 2.24) is 0 Å². The molecule has 0 aromatic carbocycles. The normalized spacial score (nSPS) is 14.5. The zero-order valence-electron chi connectivity index (χ0n) is 16.4. The molecule has 0 aromatic rings. The Hall–Kier alpha value is -1.37. The Morgan fingerprint density at radius 1 is 0.818 bits per heavy atom. The van der Waals surface area contributed by atoms with Crippen LogP contribution >= 0.6 is 0 Å². The van der Waals surface area contributed by atoms with Gasteiger partial charge in [-0.1, -0.05) is 68.4 Å². The van der Waals surface area contributed by atoms with Crippen LogP contribution < -0.4 is 0 Å². The van der Waals surface area contributed by atoms with Crippen LogP contribution in [0.2, 0.25) is 0 Å². The maximum absolute atomic E-state index is 10.8. The Morgan fingerprint density at radius 3 is 1.91 bits per heavy atom. The Kier molecular flexibility index (Phi) is 13.7. The van der Waals surface area contributed by atoms with Gasteiger partial charge in [-0.15, -0.1) is 0 Å². The van der Waals surface area contributed by atoms with Crippen LogP contribution in [0.5, 0.6) is 0 Å². The quantitative estimate of drug-likeness (QED) is 0.257. The van der Waals surface area contributed by atoms with Crippen molar-refractivity contribution in [3.63, 3.8) is 0 Å². The van der Waals surface area contributed by atoms with Gasteiger partial charge in [0.05, 0.1) is 0 Å².